The van der Waals surface area contributed by atoms with Gasteiger partial charge in [0.25, 0.3) is 0 Å². The van der Waals surface area contributed by atoms with Crippen LogP contribution in [0, 0.1) is 16.7 Å². The molecule has 1 unspecified atom stereocenters. The van der Waals surface area contributed by atoms with Crippen LogP contribution in [0.15, 0.2) is 24.3 Å². The number of nitrogens with zero attached hydrogens (tertiary/aromatic N) is 2. The van der Waals surface area contributed by atoms with E-state index in [1.165, 1.54) is 0 Å². The number of hydrogen-bond donors (Lipinski definition) is 0. The zero-order chi connectivity index (χ0) is 12.3. The lowest BCUT2D eigenvalue weighted by molar-refractivity contribution is 0.330. The van der Waals surface area contributed by atoms with E-state index in [0.29, 0.717) is 11.6 Å². The molecular weight excluding hydrogens is 196 g/mol. The maximum absolute atomic E-state index is 8.74. The van der Waals surface area contributed by atoms with Gasteiger partial charge < -0.3 is 4.90 Å². The highest BCUT2D eigenvalue weighted by molar-refractivity contribution is 5.50. The standard InChI is InChI=1S/C14H20N2/c1-11(14(2,3)4)16(5)13-8-6-12(10-15)7-9-13/h6-9,11H,1-5H3. The molecule has 1 aromatic rings. The maximum atomic E-state index is 8.74. The van der Waals surface area contributed by atoms with Gasteiger partial charge in [-0.1, -0.05) is 20.8 Å². The minimum absolute atomic E-state index is 0.239. The van der Waals surface area contributed by atoms with Crippen molar-refractivity contribution in [3.05, 3.63) is 29.8 Å². The monoisotopic (exact) mass is 216 g/mol. The van der Waals surface area contributed by atoms with E-state index in [1.807, 2.05) is 24.3 Å². The van der Waals surface area contributed by atoms with Crippen molar-refractivity contribution in [1.82, 2.24) is 0 Å². The van der Waals surface area contributed by atoms with Gasteiger partial charge in [0, 0.05) is 18.8 Å². The Morgan fingerprint density at radius 1 is 1.19 bits per heavy atom. The van der Waals surface area contributed by atoms with Crippen molar-refractivity contribution >= 4 is 5.69 Å². The molecule has 1 aromatic carbocycles. The minimum Gasteiger partial charge on any atom is -0.371 e. The molecule has 0 spiro atoms. The van der Waals surface area contributed by atoms with E-state index in [2.05, 4.69) is 45.7 Å². The van der Waals surface area contributed by atoms with Crippen molar-refractivity contribution in [3.63, 3.8) is 0 Å². The highest BCUT2D eigenvalue weighted by Gasteiger charge is 2.23. The molecule has 0 N–H and O–H groups in total. The average Bonchev–Trinajstić information content (AvgIpc) is 2.26. The summed E-state index contributed by atoms with van der Waals surface area (Å²) < 4.78 is 0. The molecule has 0 saturated carbocycles. The molecule has 1 rings (SSSR count). The molecule has 2 heteroatoms. The molecule has 1 atom stereocenters. The first kappa shape index (κ1) is 12.6. The van der Waals surface area contributed by atoms with Crippen LogP contribution in [0.3, 0.4) is 0 Å². The summed E-state index contributed by atoms with van der Waals surface area (Å²) in [5, 5.41) is 8.74. The quantitative estimate of drug-likeness (QED) is 0.757. The summed E-state index contributed by atoms with van der Waals surface area (Å²) in [7, 11) is 2.09. The van der Waals surface area contributed by atoms with Crippen molar-refractivity contribution in [3.8, 4) is 6.07 Å². The molecule has 2 nitrogen and oxygen atoms in total. The van der Waals surface area contributed by atoms with Crippen molar-refractivity contribution in [1.29, 1.82) is 5.26 Å². The predicted molar refractivity (Wildman–Crippen MR) is 68.5 cm³/mol. The van der Waals surface area contributed by atoms with Crippen molar-refractivity contribution < 1.29 is 0 Å². The molecule has 0 heterocycles. The van der Waals surface area contributed by atoms with Crippen molar-refractivity contribution in [2.24, 2.45) is 5.41 Å². The highest BCUT2D eigenvalue weighted by Crippen LogP contribution is 2.27. The smallest absolute Gasteiger partial charge is 0.0991 e. The Balaban J connectivity index is 2.89. The second-order valence-corrected chi connectivity index (χ2v) is 5.31. The largest absolute Gasteiger partial charge is 0.371 e. The summed E-state index contributed by atoms with van der Waals surface area (Å²) in [6, 6.07) is 10.3. The zero-order valence-corrected chi connectivity index (χ0v) is 10.8. The summed E-state index contributed by atoms with van der Waals surface area (Å²) in [5.74, 6) is 0. The Morgan fingerprint density at radius 2 is 1.69 bits per heavy atom. The van der Waals surface area contributed by atoms with Gasteiger partial charge in [0.05, 0.1) is 11.6 Å². The summed E-state index contributed by atoms with van der Waals surface area (Å²) in [6.45, 7) is 8.92. The molecule has 0 amide bonds. The fraction of sp³-hybridized carbons (Fsp3) is 0.500. The van der Waals surface area contributed by atoms with Gasteiger partial charge in [0.2, 0.25) is 0 Å². The molecule has 0 aliphatic carbocycles. The fourth-order valence-electron chi connectivity index (χ4n) is 1.58. The molecule has 0 bridgehead atoms. The molecule has 0 fully saturated rings. The lowest BCUT2D eigenvalue weighted by Gasteiger charge is -2.36. The Labute approximate surface area is 98.5 Å². The summed E-state index contributed by atoms with van der Waals surface area (Å²) in [6.07, 6.45) is 0. The fourth-order valence-corrected chi connectivity index (χ4v) is 1.58. The summed E-state index contributed by atoms with van der Waals surface area (Å²) in [5.41, 5.74) is 2.10. The Bertz CT molecular complexity index is 379. The number of hydrogen-bond acceptors (Lipinski definition) is 2. The molecule has 0 saturated heterocycles. The van der Waals surface area contributed by atoms with Gasteiger partial charge in [-0.25, -0.2) is 0 Å². The van der Waals surface area contributed by atoms with Crippen molar-refractivity contribution in [2.75, 3.05) is 11.9 Å². The number of benzene rings is 1. The van der Waals surface area contributed by atoms with Gasteiger partial charge in [-0.15, -0.1) is 0 Å². The van der Waals surface area contributed by atoms with Crippen LogP contribution in [0.4, 0.5) is 5.69 Å². The highest BCUT2D eigenvalue weighted by atomic mass is 15.1. The Hall–Kier alpha value is -1.49. The number of anilines is 1. The van der Waals surface area contributed by atoms with Crippen molar-refractivity contribution in [2.45, 2.75) is 33.7 Å². The first-order valence-electron chi connectivity index (χ1n) is 5.59. The van der Waals surface area contributed by atoms with E-state index in [0.717, 1.165) is 5.69 Å². The van der Waals surface area contributed by atoms with E-state index >= 15 is 0 Å². The third kappa shape index (κ3) is 2.76. The minimum atomic E-state index is 0.239. The molecule has 0 aromatic heterocycles. The van der Waals surface area contributed by atoms with E-state index in [1.54, 1.807) is 0 Å². The van der Waals surface area contributed by atoms with Crippen LogP contribution in [0.1, 0.15) is 33.3 Å². The van der Waals surface area contributed by atoms with E-state index in [-0.39, 0.29) is 5.41 Å². The van der Waals surface area contributed by atoms with E-state index < -0.39 is 0 Å². The number of rotatable bonds is 2. The van der Waals surface area contributed by atoms with Crippen LogP contribution in [0.5, 0.6) is 0 Å². The Kier molecular flexibility index (Phi) is 3.59. The molecule has 0 aliphatic rings. The normalized spacial score (nSPS) is 13.0. The van der Waals surface area contributed by atoms with Crippen LogP contribution >= 0.6 is 0 Å². The first-order chi connectivity index (χ1) is 7.36. The lowest BCUT2D eigenvalue weighted by Crippen LogP contribution is -2.39. The van der Waals surface area contributed by atoms with Crippen LogP contribution in [-0.2, 0) is 0 Å². The van der Waals surface area contributed by atoms with E-state index in [9.17, 15) is 0 Å². The molecule has 0 aliphatic heterocycles. The number of nitriles is 1. The van der Waals surface area contributed by atoms with Crippen LogP contribution in [-0.4, -0.2) is 13.1 Å². The lowest BCUT2D eigenvalue weighted by atomic mass is 9.87. The summed E-state index contributed by atoms with van der Waals surface area (Å²) in [4.78, 5) is 2.25. The Morgan fingerprint density at radius 3 is 2.06 bits per heavy atom. The van der Waals surface area contributed by atoms with Gasteiger partial charge in [-0.05, 0) is 36.6 Å². The van der Waals surface area contributed by atoms with Gasteiger partial charge in [-0.3, -0.25) is 0 Å². The zero-order valence-electron chi connectivity index (χ0n) is 10.8. The van der Waals surface area contributed by atoms with Gasteiger partial charge in [0.15, 0.2) is 0 Å². The SMILES string of the molecule is CC(N(C)c1ccc(C#N)cc1)C(C)(C)C. The van der Waals surface area contributed by atoms with Gasteiger partial charge in [-0.2, -0.15) is 5.26 Å². The predicted octanol–water partition coefficient (Wildman–Crippen LogP) is 3.43. The topological polar surface area (TPSA) is 27.0 Å². The summed E-state index contributed by atoms with van der Waals surface area (Å²) >= 11 is 0. The van der Waals surface area contributed by atoms with Gasteiger partial charge in [0.1, 0.15) is 0 Å². The van der Waals surface area contributed by atoms with Crippen LogP contribution in [0.2, 0.25) is 0 Å². The second-order valence-electron chi connectivity index (χ2n) is 5.31. The van der Waals surface area contributed by atoms with Crippen LogP contribution < -0.4 is 4.90 Å². The van der Waals surface area contributed by atoms with Crippen LogP contribution in [0.25, 0.3) is 0 Å². The third-order valence-electron chi connectivity index (χ3n) is 3.24. The first-order valence-corrected chi connectivity index (χ1v) is 5.59. The van der Waals surface area contributed by atoms with Gasteiger partial charge >= 0.3 is 0 Å². The maximum Gasteiger partial charge on any atom is 0.0991 e. The molecule has 16 heavy (non-hydrogen) atoms. The average molecular weight is 216 g/mol. The van der Waals surface area contributed by atoms with E-state index in [4.69, 9.17) is 5.26 Å². The second kappa shape index (κ2) is 4.57. The molecular formula is C14H20N2. The third-order valence-corrected chi connectivity index (χ3v) is 3.24. The molecule has 0 radical (unpaired) electrons. The molecule has 86 valence electrons.